The Balaban J connectivity index is 2.36. The van der Waals surface area contributed by atoms with Crippen LogP contribution < -0.4 is 0 Å². The summed E-state index contributed by atoms with van der Waals surface area (Å²) in [6.07, 6.45) is 3.19. The first kappa shape index (κ1) is 12.1. The molecule has 0 aliphatic rings. The molecule has 1 aromatic rings. The molecule has 0 amide bonds. The lowest BCUT2D eigenvalue weighted by Gasteiger charge is -2.01. The minimum atomic E-state index is 0.293. The number of aryl methyl sites for hydroxylation is 1. The average Bonchev–Trinajstić information content (AvgIpc) is 2.23. The number of rotatable bonds is 6. The highest BCUT2D eigenvalue weighted by Gasteiger charge is 2.01. The largest absolute Gasteiger partial charge is 0.299 e. The Morgan fingerprint density at radius 3 is 3.00 bits per heavy atom. The van der Waals surface area contributed by atoms with Crippen LogP contribution in [0, 0.1) is 6.92 Å². The minimum absolute atomic E-state index is 0.293. The molecule has 80 valence electrons. The Bertz CT molecular complexity index is 344. The second-order valence-corrected chi connectivity index (χ2v) is 4.52. The first-order valence-corrected chi connectivity index (χ1v) is 6.03. The summed E-state index contributed by atoms with van der Waals surface area (Å²) in [6.45, 7) is 5.66. The number of hydrogen-bond donors (Lipinski definition) is 0. The van der Waals surface area contributed by atoms with Gasteiger partial charge in [0.05, 0.1) is 5.75 Å². The van der Waals surface area contributed by atoms with Gasteiger partial charge in [-0.3, -0.25) is 4.79 Å². The minimum Gasteiger partial charge on any atom is -0.299 e. The molecule has 0 radical (unpaired) electrons. The number of carbonyl (C=O) groups excluding carboxylic acids is 1. The molecule has 1 aromatic carbocycles. The number of Topliss-reactive ketones (excluding diaryl/α,β-unsaturated/α-hetero) is 1. The van der Waals surface area contributed by atoms with Crippen molar-refractivity contribution in [3.8, 4) is 0 Å². The lowest BCUT2D eigenvalue weighted by Crippen LogP contribution is -1.99. The highest BCUT2D eigenvalue weighted by atomic mass is 32.2. The predicted molar refractivity (Wildman–Crippen MR) is 66.3 cm³/mol. The van der Waals surface area contributed by atoms with E-state index in [-0.39, 0.29) is 0 Å². The topological polar surface area (TPSA) is 17.1 Å². The molecular weight excluding hydrogens is 204 g/mol. The zero-order chi connectivity index (χ0) is 11.1. The van der Waals surface area contributed by atoms with Gasteiger partial charge in [-0.25, -0.2) is 0 Å². The molecule has 0 unspecified atom stereocenters. The van der Waals surface area contributed by atoms with E-state index in [2.05, 4.69) is 25.6 Å². The fourth-order valence-electron chi connectivity index (χ4n) is 1.20. The molecule has 0 aromatic heterocycles. The van der Waals surface area contributed by atoms with Crippen molar-refractivity contribution in [3.63, 3.8) is 0 Å². The predicted octanol–water partition coefficient (Wildman–Crippen LogP) is 3.62. The number of allylic oxidation sites excluding steroid dienone is 1. The molecule has 2 heteroatoms. The molecule has 0 spiro atoms. The summed E-state index contributed by atoms with van der Waals surface area (Å²) in [4.78, 5) is 12.6. The fourth-order valence-corrected chi connectivity index (χ4v) is 2.12. The molecule has 0 saturated carbocycles. The van der Waals surface area contributed by atoms with E-state index in [0.29, 0.717) is 18.0 Å². The summed E-state index contributed by atoms with van der Waals surface area (Å²) in [7, 11) is 0. The van der Waals surface area contributed by atoms with Gasteiger partial charge in [0.1, 0.15) is 5.78 Å². The van der Waals surface area contributed by atoms with Crippen LogP contribution >= 0.6 is 11.8 Å². The van der Waals surface area contributed by atoms with E-state index in [9.17, 15) is 4.79 Å². The molecule has 1 rings (SSSR count). The maximum Gasteiger partial charge on any atom is 0.143 e. The molecule has 0 N–H and O–H groups in total. The van der Waals surface area contributed by atoms with E-state index in [1.54, 1.807) is 17.8 Å². The summed E-state index contributed by atoms with van der Waals surface area (Å²) in [5, 5.41) is 0. The van der Waals surface area contributed by atoms with Crippen LogP contribution in [0.5, 0.6) is 0 Å². The van der Waals surface area contributed by atoms with Crippen LogP contribution in [0.4, 0.5) is 0 Å². The standard InChI is InChI=1S/C13H16OS/c1-3-4-7-12(14)10-15-13-8-5-6-11(2)9-13/h3,5-6,8-9H,1,4,7,10H2,2H3. The van der Waals surface area contributed by atoms with Crippen LogP contribution in [0.3, 0.4) is 0 Å². The Labute approximate surface area is 95.6 Å². The summed E-state index contributed by atoms with van der Waals surface area (Å²) < 4.78 is 0. The lowest BCUT2D eigenvalue weighted by atomic mass is 10.2. The Morgan fingerprint density at radius 2 is 2.33 bits per heavy atom. The van der Waals surface area contributed by atoms with E-state index >= 15 is 0 Å². The van der Waals surface area contributed by atoms with Crippen molar-refractivity contribution in [2.45, 2.75) is 24.7 Å². The monoisotopic (exact) mass is 220 g/mol. The molecule has 0 saturated heterocycles. The molecule has 0 bridgehead atoms. The Morgan fingerprint density at radius 1 is 1.53 bits per heavy atom. The van der Waals surface area contributed by atoms with Crippen molar-refractivity contribution in [3.05, 3.63) is 42.5 Å². The van der Waals surface area contributed by atoms with Crippen molar-refractivity contribution in [2.24, 2.45) is 0 Å². The maximum atomic E-state index is 11.4. The molecular formula is C13H16OS. The van der Waals surface area contributed by atoms with Crippen molar-refractivity contribution < 1.29 is 4.79 Å². The lowest BCUT2D eigenvalue weighted by molar-refractivity contribution is -0.116. The quantitative estimate of drug-likeness (QED) is 0.538. The van der Waals surface area contributed by atoms with Crippen molar-refractivity contribution in [1.29, 1.82) is 0 Å². The first-order chi connectivity index (χ1) is 7.22. The summed E-state index contributed by atoms with van der Waals surface area (Å²) in [6, 6.07) is 8.22. The number of ketones is 1. The molecule has 0 fully saturated rings. The maximum absolute atomic E-state index is 11.4. The van der Waals surface area contributed by atoms with Crippen LogP contribution in [-0.4, -0.2) is 11.5 Å². The molecule has 0 atom stereocenters. The van der Waals surface area contributed by atoms with Gasteiger partial charge < -0.3 is 0 Å². The number of benzene rings is 1. The van der Waals surface area contributed by atoms with E-state index in [4.69, 9.17) is 0 Å². The van der Waals surface area contributed by atoms with E-state index in [1.165, 1.54) is 10.5 Å². The van der Waals surface area contributed by atoms with E-state index in [0.717, 1.165) is 6.42 Å². The van der Waals surface area contributed by atoms with Gasteiger partial charge in [0.25, 0.3) is 0 Å². The van der Waals surface area contributed by atoms with Gasteiger partial charge in [-0.15, -0.1) is 18.3 Å². The zero-order valence-corrected chi connectivity index (χ0v) is 9.85. The van der Waals surface area contributed by atoms with Crippen molar-refractivity contribution in [2.75, 3.05) is 5.75 Å². The van der Waals surface area contributed by atoms with Crippen molar-refractivity contribution in [1.82, 2.24) is 0 Å². The third-order valence-corrected chi connectivity index (χ3v) is 3.07. The van der Waals surface area contributed by atoms with Gasteiger partial charge in [0, 0.05) is 11.3 Å². The van der Waals surface area contributed by atoms with Crippen LogP contribution in [0.15, 0.2) is 41.8 Å². The molecule has 0 heterocycles. The summed E-state index contributed by atoms with van der Waals surface area (Å²) in [5.41, 5.74) is 1.23. The zero-order valence-electron chi connectivity index (χ0n) is 9.03. The highest BCUT2D eigenvalue weighted by molar-refractivity contribution is 8.00. The Hall–Kier alpha value is -1.02. The van der Waals surface area contributed by atoms with E-state index < -0.39 is 0 Å². The third-order valence-electron chi connectivity index (χ3n) is 2.02. The van der Waals surface area contributed by atoms with Gasteiger partial charge in [-0.1, -0.05) is 23.8 Å². The van der Waals surface area contributed by atoms with Crippen LogP contribution in [-0.2, 0) is 4.79 Å². The second-order valence-electron chi connectivity index (χ2n) is 3.47. The van der Waals surface area contributed by atoms with Gasteiger partial charge in [-0.05, 0) is 25.5 Å². The normalized spacial score (nSPS) is 9.93. The van der Waals surface area contributed by atoms with Crippen LogP contribution in [0.1, 0.15) is 18.4 Å². The molecule has 1 nitrogen and oxygen atoms in total. The fraction of sp³-hybridized carbons (Fsp3) is 0.308. The van der Waals surface area contributed by atoms with E-state index in [1.807, 2.05) is 12.1 Å². The van der Waals surface area contributed by atoms with Gasteiger partial charge >= 0.3 is 0 Å². The smallest absolute Gasteiger partial charge is 0.143 e. The summed E-state index contributed by atoms with van der Waals surface area (Å²) in [5.74, 6) is 0.860. The number of hydrogen-bond acceptors (Lipinski definition) is 2. The molecule has 15 heavy (non-hydrogen) atoms. The average molecular weight is 220 g/mol. The third kappa shape index (κ3) is 4.84. The van der Waals surface area contributed by atoms with Gasteiger partial charge in [0.2, 0.25) is 0 Å². The van der Waals surface area contributed by atoms with Crippen LogP contribution in [0.2, 0.25) is 0 Å². The molecule has 0 aliphatic heterocycles. The van der Waals surface area contributed by atoms with Crippen LogP contribution in [0.25, 0.3) is 0 Å². The van der Waals surface area contributed by atoms with Crippen molar-refractivity contribution >= 4 is 17.5 Å². The highest BCUT2D eigenvalue weighted by Crippen LogP contribution is 2.19. The summed E-state index contributed by atoms with van der Waals surface area (Å²) >= 11 is 1.61. The number of thioether (sulfide) groups is 1. The SMILES string of the molecule is C=CCCC(=O)CSc1cccc(C)c1. The second kappa shape index (κ2) is 6.46. The Kier molecular flexibility index (Phi) is 5.19. The number of carbonyl (C=O) groups is 1. The molecule has 0 aliphatic carbocycles. The van der Waals surface area contributed by atoms with Gasteiger partial charge in [0.15, 0.2) is 0 Å². The van der Waals surface area contributed by atoms with Gasteiger partial charge in [-0.2, -0.15) is 0 Å². The first-order valence-electron chi connectivity index (χ1n) is 5.04.